The lowest BCUT2D eigenvalue weighted by molar-refractivity contribution is -0.0166. The minimum absolute atomic E-state index is 0.0704. The van der Waals surface area contributed by atoms with E-state index < -0.39 is 0 Å². The average Bonchev–Trinajstić information content (AvgIpc) is 3.45. The second kappa shape index (κ2) is 6.39. The van der Waals surface area contributed by atoms with E-state index in [1.54, 1.807) is 0 Å². The molecule has 0 radical (unpaired) electrons. The highest BCUT2D eigenvalue weighted by atomic mass is 16.5. The van der Waals surface area contributed by atoms with Crippen molar-refractivity contribution < 1.29 is 9.53 Å². The molecule has 25 heavy (non-hydrogen) atoms. The maximum Gasteiger partial charge on any atom is 0.254 e. The summed E-state index contributed by atoms with van der Waals surface area (Å²) >= 11 is 0. The number of hydrogen-bond donors (Lipinski definition) is 1. The van der Waals surface area contributed by atoms with Crippen LogP contribution in [-0.2, 0) is 4.74 Å². The topological polar surface area (TPSA) is 68.5 Å². The Morgan fingerprint density at radius 1 is 1.32 bits per heavy atom. The molecule has 0 bridgehead atoms. The van der Waals surface area contributed by atoms with Gasteiger partial charge in [0.1, 0.15) is 0 Å². The zero-order valence-electron chi connectivity index (χ0n) is 14.9. The van der Waals surface area contributed by atoms with Crippen LogP contribution in [0.5, 0.6) is 0 Å². The third kappa shape index (κ3) is 3.14. The Bertz CT molecular complexity index is 829. The van der Waals surface area contributed by atoms with E-state index in [9.17, 15) is 4.79 Å². The minimum Gasteiger partial charge on any atom is -0.373 e. The smallest absolute Gasteiger partial charge is 0.254 e. The molecule has 1 amide bonds. The van der Waals surface area contributed by atoms with Crippen molar-refractivity contribution in [1.82, 2.24) is 9.88 Å². The van der Waals surface area contributed by atoms with Crippen LogP contribution in [0.4, 0.5) is 0 Å². The number of nitrogens with two attached hydrogens (primary N) is 1. The average molecular weight is 339 g/mol. The molecule has 5 nitrogen and oxygen atoms in total. The minimum atomic E-state index is -0.0721. The molecule has 1 aromatic heterocycles. The van der Waals surface area contributed by atoms with Crippen LogP contribution in [0.2, 0.25) is 0 Å². The highest BCUT2D eigenvalue weighted by Gasteiger charge is 2.30. The number of aryl methyl sites for hydroxylation is 2. The summed E-state index contributed by atoms with van der Waals surface area (Å²) < 4.78 is 5.61. The van der Waals surface area contributed by atoms with Crippen molar-refractivity contribution in [2.45, 2.75) is 38.7 Å². The zero-order chi connectivity index (χ0) is 17.6. The lowest BCUT2D eigenvalue weighted by atomic mass is 9.99. The van der Waals surface area contributed by atoms with Crippen LogP contribution in [0.3, 0.4) is 0 Å². The fourth-order valence-corrected chi connectivity index (χ4v) is 3.68. The lowest BCUT2D eigenvalue weighted by Gasteiger charge is -2.32. The maximum atomic E-state index is 13.3. The van der Waals surface area contributed by atoms with Crippen molar-refractivity contribution in [2.24, 2.45) is 5.73 Å². The number of amides is 1. The van der Waals surface area contributed by atoms with Crippen LogP contribution in [0.25, 0.3) is 10.9 Å². The highest BCUT2D eigenvalue weighted by molar-refractivity contribution is 6.07. The van der Waals surface area contributed by atoms with Gasteiger partial charge >= 0.3 is 0 Å². The standard InChI is InChI=1S/C20H25N3O2/c1-12-7-13(2)19-16(8-12)17(9-18(22-19)14-3-4-14)20(24)23-5-6-25-15(10-21)11-23/h7-9,14-15H,3-6,10-11,21H2,1-2H3. The second-order valence-corrected chi connectivity index (χ2v) is 7.33. The number of carbonyl (C=O) groups excluding carboxylic acids is 1. The van der Waals surface area contributed by atoms with Gasteiger partial charge in [-0.15, -0.1) is 0 Å². The predicted octanol–water partition coefficient (Wildman–Crippen LogP) is 2.53. The second-order valence-electron chi connectivity index (χ2n) is 7.33. The number of fused-ring (bicyclic) bond motifs is 1. The normalized spacial score (nSPS) is 20.9. The monoisotopic (exact) mass is 339 g/mol. The van der Waals surface area contributed by atoms with Gasteiger partial charge in [-0.2, -0.15) is 0 Å². The molecule has 2 fully saturated rings. The molecule has 1 unspecified atom stereocenters. The van der Waals surface area contributed by atoms with E-state index in [0.717, 1.165) is 33.3 Å². The first-order valence-corrected chi connectivity index (χ1v) is 9.09. The zero-order valence-corrected chi connectivity index (χ0v) is 14.9. The lowest BCUT2D eigenvalue weighted by Crippen LogP contribution is -2.48. The summed E-state index contributed by atoms with van der Waals surface area (Å²) in [5, 5.41) is 0.961. The number of rotatable bonds is 3. The van der Waals surface area contributed by atoms with Crippen molar-refractivity contribution in [2.75, 3.05) is 26.2 Å². The molecule has 1 saturated carbocycles. The molecular formula is C20H25N3O2. The molecule has 1 aromatic carbocycles. The molecule has 1 aliphatic carbocycles. The van der Waals surface area contributed by atoms with Gasteiger partial charge in [0.2, 0.25) is 0 Å². The Labute approximate surface area is 148 Å². The van der Waals surface area contributed by atoms with Crippen molar-refractivity contribution in [1.29, 1.82) is 0 Å². The number of morpholine rings is 1. The van der Waals surface area contributed by atoms with Gasteiger partial charge in [0.25, 0.3) is 5.91 Å². The molecule has 132 valence electrons. The summed E-state index contributed by atoms with van der Waals surface area (Å²) in [7, 11) is 0. The van der Waals surface area contributed by atoms with Gasteiger partial charge < -0.3 is 15.4 Å². The molecular weight excluding hydrogens is 314 g/mol. The van der Waals surface area contributed by atoms with Gasteiger partial charge in [-0.05, 0) is 44.4 Å². The third-order valence-corrected chi connectivity index (χ3v) is 5.18. The number of pyridine rings is 1. The van der Waals surface area contributed by atoms with Crippen LogP contribution in [0.1, 0.15) is 45.9 Å². The maximum absolute atomic E-state index is 13.3. The predicted molar refractivity (Wildman–Crippen MR) is 97.9 cm³/mol. The number of hydrogen-bond acceptors (Lipinski definition) is 4. The van der Waals surface area contributed by atoms with E-state index in [4.69, 9.17) is 15.5 Å². The summed E-state index contributed by atoms with van der Waals surface area (Å²) in [6.45, 7) is 6.29. The largest absolute Gasteiger partial charge is 0.373 e. The van der Waals surface area contributed by atoms with Gasteiger partial charge in [-0.3, -0.25) is 9.78 Å². The van der Waals surface area contributed by atoms with Gasteiger partial charge in [-0.1, -0.05) is 11.6 Å². The molecule has 0 spiro atoms. The SMILES string of the molecule is Cc1cc(C)c2nc(C3CC3)cc(C(=O)N3CCOC(CN)C3)c2c1. The molecule has 2 N–H and O–H groups in total. The number of nitrogens with zero attached hydrogens (tertiary/aromatic N) is 2. The first-order chi connectivity index (χ1) is 12.1. The van der Waals surface area contributed by atoms with Crippen molar-refractivity contribution in [3.63, 3.8) is 0 Å². The number of aromatic nitrogens is 1. The molecule has 2 heterocycles. The van der Waals surface area contributed by atoms with Crippen LogP contribution in [0.15, 0.2) is 18.2 Å². The fourth-order valence-electron chi connectivity index (χ4n) is 3.68. The van der Waals surface area contributed by atoms with Crippen molar-refractivity contribution >= 4 is 16.8 Å². The fraction of sp³-hybridized carbons (Fsp3) is 0.500. The first kappa shape index (κ1) is 16.5. The van der Waals surface area contributed by atoms with Crippen LogP contribution in [0, 0.1) is 13.8 Å². The van der Waals surface area contributed by atoms with E-state index in [-0.39, 0.29) is 12.0 Å². The number of benzene rings is 1. The van der Waals surface area contributed by atoms with Crippen molar-refractivity contribution in [3.8, 4) is 0 Å². The summed E-state index contributed by atoms with van der Waals surface area (Å²) in [4.78, 5) is 20.1. The van der Waals surface area contributed by atoms with E-state index >= 15 is 0 Å². The van der Waals surface area contributed by atoms with Crippen LogP contribution >= 0.6 is 0 Å². The van der Waals surface area contributed by atoms with Crippen molar-refractivity contribution in [3.05, 3.63) is 40.6 Å². The Morgan fingerprint density at radius 2 is 2.12 bits per heavy atom. The van der Waals surface area contributed by atoms with E-state index in [0.29, 0.717) is 32.2 Å². The number of ether oxygens (including phenoxy) is 1. The summed E-state index contributed by atoms with van der Waals surface area (Å²) in [5.74, 6) is 0.583. The molecule has 5 heteroatoms. The molecule has 4 rings (SSSR count). The molecule has 1 saturated heterocycles. The molecule has 2 aliphatic rings. The van der Waals surface area contributed by atoms with E-state index in [2.05, 4.69) is 26.0 Å². The molecule has 1 atom stereocenters. The Morgan fingerprint density at radius 3 is 2.84 bits per heavy atom. The quantitative estimate of drug-likeness (QED) is 0.933. The summed E-state index contributed by atoms with van der Waals surface area (Å²) in [6, 6.07) is 6.24. The van der Waals surface area contributed by atoms with Gasteiger partial charge in [0.05, 0.1) is 23.8 Å². The summed E-state index contributed by atoms with van der Waals surface area (Å²) in [5.41, 5.74) is 10.8. The molecule has 2 aromatic rings. The Balaban J connectivity index is 1.80. The Hall–Kier alpha value is -1.98. The first-order valence-electron chi connectivity index (χ1n) is 9.09. The Kier molecular flexibility index (Phi) is 4.21. The van der Waals surface area contributed by atoms with Gasteiger partial charge in [0, 0.05) is 36.6 Å². The van der Waals surface area contributed by atoms with Crippen LogP contribution < -0.4 is 5.73 Å². The highest BCUT2D eigenvalue weighted by Crippen LogP contribution is 2.40. The van der Waals surface area contributed by atoms with Gasteiger partial charge in [-0.25, -0.2) is 0 Å². The number of carbonyl (C=O) groups is 1. The van der Waals surface area contributed by atoms with E-state index in [1.807, 2.05) is 11.0 Å². The molecule has 1 aliphatic heterocycles. The van der Waals surface area contributed by atoms with Crippen LogP contribution in [-0.4, -0.2) is 48.1 Å². The van der Waals surface area contributed by atoms with E-state index in [1.165, 1.54) is 12.8 Å². The summed E-state index contributed by atoms with van der Waals surface area (Å²) in [6.07, 6.45) is 2.27. The van der Waals surface area contributed by atoms with Gasteiger partial charge in [0.15, 0.2) is 0 Å². The third-order valence-electron chi connectivity index (χ3n) is 5.18.